The Balaban J connectivity index is 2.21. The predicted molar refractivity (Wildman–Crippen MR) is 87.0 cm³/mol. The average molecular weight is 272 g/mol. The van der Waals surface area contributed by atoms with Crippen LogP contribution in [-0.2, 0) is 0 Å². The van der Waals surface area contributed by atoms with E-state index in [0.717, 1.165) is 29.0 Å². The van der Waals surface area contributed by atoms with Crippen molar-refractivity contribution in [3.8, 4) is 0 Å². The van der Waals surface area contributed by atoms with E-state index >= 15 is 0 Å². The molecule has 1 aromatic heterocycles. The minimum atomic E-state index is 0.378. The maximum Gasteiger partial charge on any atom is 0.126 e. The summed E-state index contributed by atoms with van der Waals surface area (Å²) in [6, 6.07) is 10.3. The molecule has 0 amide bonds. The van der Waals surface area contributed by atoms with E-state index in [0.29, 0.717) is 12.0 Å². The van der Waals surface area contributed by atoms with Crippen LogP contribution >= 0.6 is 0 Å². The quantitative estimate of drug-likeness (QED) is 0.822. The van der Waals surface area contributed by atoms with Crippen molar-refractivity contribution in [2.24, 2.45) is 5.92 Å². The van der Waals surface area contributed by atoms with Gasteiger partial charge >= 0.3 is 0 Å². The fourth-order valence-electron chi connectivity index (χ4n) is 2.23. The third-order valence-electron chi connectivity index (χ3n) is 3.41. The maximum absolute atomic E-state index is 5.79. The highest BCUT2D eigenvalue weighted by molar-refractivity contribution is 5.83. The van der Waals surface area contributed by atoms with Crippen molar-refractivity contribution in [2.75, 3.05) is 31.7 Å². The van der Waals surface area contributed by atoms with E-state index in [2.05, 4.69) is 49.2 Å². The summed E-state index contributed by atoms with van der Waals surface area (Å²) < 4.78 is 0. The smallest absolute Gasteiger partial charge is 0.126 e. The first-order valence-corrected chi connectivity index (χ1v) is 7.03. The first-order chi connectivity index (χ1) is 9.45. The Morgan fingerprint density at radius 3 is 2.60 bits per heavy atom. The van der Waals surface area contributed by atoms with Crippen molar-refractivity contribution >= 4 is 22.4 Å². The second-order valence-electron chi connectivity index (χ2n) is 5.91. The summed E-state index contributed by atoms with van der Waals surface area (Å²) in [5.74, 6) is 1.46. The molecular weight excluding hydrogens is 248 g/mol. The topological polar surface area (TPSA) is 54.2 Å². The molecule has 4 heteroatoms. The second kappa shape index (κ2) is 6.09. The van der Waals surface area contributed by atoms with Crippen LogP contribution in [0.3, 0.4) is 0 Å². The molecular formula is C16H24N4. The summed E-state index contributed by atoms with van der Waals surface area (Å²) in [5.41, 5.74) is 7.53. The van der Waals surface area contributed by atoms with Gasteiger partial charge in [-0.25, -0.2) is 4.98 Å². The van der Waals surface area contributed by atoms with Gasteiger partial charge in [0.25, 0.3) is 0 Å². The normalized spacial score (nSPS) is 13.1. The van der Waals surface area contributed by atoms with E-state index in [9.17, 15) is 0 Å². The number of likely N-dealkylation sites (N-methyl/N-ethyl adjacent to an activating group) is 1. The first kappa shape index (κ1) is 14.6. The molecule has 1 unspecified atom stereocenters. The van der Waals surface area contributed by atoms with Crippen LogP contribution in [0.1, 0.15) is 13.8 Å². The standard InChI is InChI=1S/C16H24N4/c1-11(2)15(10-20(3)4)19-16-8-5-12-9-13(17)6-7-14(12)18-16/h5-9,11,15H,10,17H2,1-4H3,(H,18,19). The number of rotatable bonds is 5. The van der Waals surface area contributed by atoms with E-state index < -0.39 is 0 Å². The van der Waals surface area contributed by atoms with Gasteiger partial charge < -0.3 is 16.0 Å². The molecule has 0 spiro atoms. The lowest BCUT2D eigenvalue weighted by Gasteiger charge is -2.26. The van der Waals surface area contributed by atoms with Gasteiger partial charge in [0.1, 0.15) is 5.82 Å². The SMILES string of the molecule is CC(C)C(CN(C)C)Nc1ccc2cc(N)ccc2n1. The summed E-state index contributed by atoms with van der Waals surface area (Å²) in [5, 5.41) is 4.61. The summed E-state index contributed by atoms with van der Waals surface area (Å²) in [4.78, 5) is 6.85. The summed E-state index contributed by atoms with van der Waals surface area (Å²) in [6.45, 7) is 5.44. The van der Waals surface area contributed by atoms with Gasteiger partial charge in [0.2, 0.25) is 0 Å². The minimum Gasteiger partial charge on any atom is -0.399 e. The third-order valence-corrected chi connectivity index (χ3v) is 3.41. The number of hydrogen-bond acceptors (Lipinski definition) is 4. The maximum atomic E-state index is 5.79. The number of nitrogens with zero attached hydrogens (tertiary/aromatic N) is 2. The first-order valence-electron chi connectivity index (χ1n) is 7.03. The van der Waals surface area contributed by atoms with Gasteiger partial charge in [0.15, 0.2) is 0 Å². The lowest BCUT2D eigenvalue weighted by molar-refractivity contribution is 0.344. The number of benzene rings is 1. The molecule has 0 saturated carbocycles. The lowest BCUT2D eigenvalue weighted by atomic mass is 10.0. The molecule has 0 fully saturated rings. The molecule has 1 atom stereocenters. The Hall–Kier alpha value is -1.81. The van der Waals surface area contributed by atoms with E-state index in [1.54, 1.807) is 0 Å². The Bertz CT molecular complexity index is 578. The van der Waals surface area contributed by atoms with Gasteiger partial charge in [-0.05, 0) is 50.3 Å². The molecule has 108 valence electrons. The highest BCUT2D eigenvalue weighted by Gasteiger charge is 2.14. The van der Waals surface area contributed by atoms with E-state index in [-0.39, 0.29) is 0 Å². The van der Waals surface area contributed by atoms with Crippen LogP contribution < -0.4 is 11.1 Å². The number of aromatic nitrogens is 1. The van der Waals surface area contributed by atoms with Crippen LogP contribution in [0, 0.1) is 5.92 Å². The summed E-state index contributed by atoms with van der Waals surface area (Å²) in [6.07, 6.45) is 0. The molecule has 2 aromatic rings. The molecule has 0 saturated heterocycles. The number of nitrogen functional groups attached to an aromatic ring is 1. The number of anilines is 2. The molecule has 0 bridgehead atoms. The van der Waals surface area contributed by atoms with Crippen LogP contribution in [0.4, 0.5) is 11.5 Å². The number of fused-ring (bicyclic) bond motifs is 1. The van der Waals surface area contributed by atoms with Crippen molar-refractivity contribution in [1.29, 1.82) is 0 Å². The van der Waals surface area contributed by atoms with E-state index in [1.165, 1.54) is 0 Å². The van der Waals surface area contributed by atoms with Gasteiger partial charge in [0, 0.05) is 23.7 Å². The van der Waals surface area contributed by atoms with Crippen LogP contribution in [0.5, 0.6) is 0 Å². The molecule has 2 rings (SSSR count). The van der Waals surface area contributed by atoms with Crippen molar-refractivity contribution in [1.82, 2.24) is 9.88 Å². The third kappa shape index (κ3) is 3.61. The van der Waals surface area contributed by atoms with Gasteiger partial charge in [-0.15, -0.1) is 0 Å². The summed E-state index contributed by atoms with van der Waals surface area (Å²) >= 11 is 0. The zero-order chi connectivity index (χ0) is 14.7. The van der Waals surface area contributed by atoms with Crippen LogP contribution in [0.2, 0.25) is 0 Å². The molecule has 0 aliphatic rings. The Morgan fingerprint density at radius 1 is 1.20 bits per heavy atom. The molecule has 1 heterocycles. The molecule has 20 heavy (non-hydrogen) atoms. The van der Waals surface area contributed by atoms with Gasteiger partial charge in [-0.2, -0.15) is 0 Å². The lowest BCUT2D eigenvalue weighted by Crippen LogP contribution is -2.36. The van der Waals surface area contributed by atoms with E-state index in [4.69, 9.17) is 5.73 Å². The number of nitrogens with two attached hydrogens (primary N) is 1. The Kier molecular flexibility index (Phi) is 4.45. The molecule has 0 aliphatic carbocycles. The molecule has 0 radical (unpaired) electrons. The minimum absolute atomic E-state index is 0.378. The Morgan fingerprint density at radius 2 is 1.95 bits per heavy atom. The molecule has 4 nitrogen and oxygen atoms in total. The van der Waals surface area contributed by atoms with Crippen LogP contribution in [0.25, 0.3) is 10.9 Å². The summed E-state index contributed by atoms with van der Waals surface area (Å²) in [7, 11) is 4.18. The second-order valence-corrected chi connectivity index (χ2v) is 5.91. The van der Waals surface area contributed by atoms with Crippen LogP contribution in [-0.4, -0.2) is 36.6 Å². The largest absolute Gasteiger partial charge is 0.399 e. The van der Waals surface area contributed by atoms with Gasteiger partial charge in [-0.1, -0.05) is 13.8 Å². The number of hydrogen-bond donors (Lipinski definition) is 2. The van der Waals surface area contributed by atoms with Crippen LogP contribution in [0.15, 0.2) is 30.3 Å². The highest BCUT2D eigenvalue weighted by atomic mass is 15.1. The molecule has 3 N–H and O–H groups in total. The number of nitrogens with one attached hydrogen (secondary N) is 1. The Labute approximate surface area is 121 Å². The fraction of sp³-hybridized carbons (Fsp3) is 0.438. The van der Waals surface area contributed by atoms with E-state index in [1.807, 2.05) is 24.3 Å². The average Bonchev–Trinajstić information content (AvgIpc) is 2.37. The zero-order valence-corrected chi connectivity index (χ0v) is 12.7. The molecule has 0 aliphatic heterocycles. The van der Waals surface area contributed by atoms with Crippen molar-refractivity contribution in [2.45, 2.75) is 19.9 Å². The van der Waals surface area contributed by atoms with Crippen molar-refractivity contribution < 1.29 is 0 Å². The van der Waals surface area contributed by atoms with Crippen molar-refractivity contribution in [3.63, 3.8) is 0 Å². The number of pyridine rings is 1. The predicted octanol–water partition coefficient (Wildman–Crippen LogP) is 2.82. The molecule has 1 aromatic carbocycles. The fourth-order valence-corrected chi connectivity index (χ4v) is 2.23. The van der Waals surface area contributed by atoms with Gasteiger partial charge in [-0.3, -0.25) is 0 Å². The van der Waals surface area contributed by atoms with Gasteiger partial charge in [0.05, 0.1) is 5.52 Å². The monoisotopic (exact) mass is 272 g/mol. The van der Waals surface area contributed by atoms with Crippen molar-refractivity contribution in [3.05, 3.63) is 30.3 Å². The zero-order valence-electron chi connectivity index (χ0n) is 12.7. The highest BCUT2D eigenvalue weighted by Crippen LogP contribution is 2.19.